The molecule has 0 saturated carbocycles. The predicted octanol–water partition coefficient (Wildman–Crippen LogP) is 6.18. The number of hydrazine groups is 1. The largest absolute Gasteiger partial charge is 0.508 e. The Morgan fingerprint density at radius 3 is 2.56 bits per heavy atom. The molecule has 3 aliphatic heterocycles. The van der Waals surface area contributed by atoms with Gasteiger partial charge in [-0.15, -0.1) is 0 Å². The summed E-state index contributed by atoms with van der Waals surface area (Å²) in [6.07, 6.45) is 4.31. The summed E-state index contributed by atoms with van der Waals surface area (Å²) in [5.74, 6) is -3.12. The molecule has 3 aliphatic rings. The van der Waals surface area contributed by atoms with E-state index in [1.165, 1.54) is 28.2 Å². The number of aromatic hydroxyl groups is 1. The van der Waals surface area contributed by atoms with Crippen LogP contribution in [0.3, 0.4) is 0 Å². The van der Waals surface area contributed by atoms with Crippen LogP contribution < -0.4 is 10.7 Å². The average molecular weight is 936 g/mol. The van der Waals surface area contributed by atoms with Crippen LogP contribution in [0.4, 0.5) is 4.39 Å². The van der Waals surface area contributed by atoms with E-state index in [1.54, 1.807) is 38.1 Å². The number of rotatable bonds is 11. The summed E-state index contributed by atoms with van der Waals surface area (Å²) in [6, 6.07) is 11.0. The van der Waals surface area contributed by atoms with Gasteiger partial charge in [-0.1, -0.05) is 46.4 Å². The number of amides is 4. The number of likely N-dealkylation sites (tertiary alicyclic amines) is 1. The molecule has 15 nitrogen and oxygen atoms in total. The van der Waals surface area contributed by atoms with Crippen LogP contribution in [0.15, 0.2) is 61.3 Å². The van der Waals surface area contributed by atoms with E-state index in [1.807, 2.05) is 52.8 Å². The molecule has 2 aromatic carbocycles. The molecule has 2 saturated heterocycles. The van der Waals surface area contributed by atoms with Gasteiger partial charge in [-0.05, 0) is 111 Å². The third-order valence-electron chi connectivity index (χ3n) is 13.7. The number of phenols is 1. The van der Waals surface area contributed by atoms with E-state index in [-0.39, 0.29) is 62.1 Å². The maximum atomic E-state index is 15.2. The fourth-order valence-corrected chi connectivity index (χ4v) is 10.3. The fraction of sp³-hybridized carbons (Fsp3) is 0.500. The molecule has 1 unspecified atom stereocenters. The van der Waals surface area contributed by atoms with Gasteiger partial charge in [0.1, 0.15) is 23.7 Å². The van der Waals surface area contributed by atoms with E-state index >= 15 is 4.39 Å². The molecule has 2 fully saturated rings. The zero-order chi connectivity index (χ0) is 49.2. The number of esters is 1. The van der Waals surface area contributed by atoms with Gasteiger partial charge in [0, 0.05) is 68.8 Å². The number of nitrogens with zero attached hydrogens (tertiary/aromatic N) is 5. The van der Waals surface area contributed by atoms with Gasteiger partial charge in [0.2, 0.25) is 23.6 Å². The van der Waals surface area contributed by atoms with E-state index in [9.17, 15) is 29.1 Å². The Balaban J connectivity index is 1.29. The van der Waals surface area contributed by atoms with Gasteiger partial charge < -0.3 is 34.3 Å². The summed E-state index contributed by atoms with van der Waals surface area (Å²) in [5.41, 5.74) is 7.04. The quantitative estimate of drug-likeness (QED) is 0.116. The van der Waals surface area contributed by atoms with Crippen LogP contribution in [-0.2, 0) is 59.4 Å². The fourth-order valence-electron chi connectivity index (χ4n) is 10.3. The highest BCUT2D eigenvalue weighted by atomic mass is 19.1. The number of carbonyl (C=O) groups excluding carboxylic acids is 5. The summed E-state index contributed by atoms with van der Waals surface area (Å²) in [6.45, 7) is 16.6. The molecule has 4 amide bonds. The number of aromatic nitrogens is 2. The lowest BCUT2D eigenvalue weighted by Gasteiger charge is -2.40. The molecule has 0 radical (unpaired) electrons. The smallest absolute Gasteiger partial charge is 0.324 e. The molecule has 68 heavy (non-hydrogen) atoms. The van der Waals surface area contributed by atoms with Crippen LogP contribution in [-0.4, -0.2) is 118 Å². The van der Waals surface area contributed by atoms with Crippen molar-refractivity contribution < 1.29 is 42.9 Å². The molecule has 4 aromatic rings. The normalized spacial score (nSPS) is 21.3. The van der Waals surface area contributed by atoms with E-state index in [2.05, 4.69) is 32.9 Å². The van der Waals surface area contributed by atoms with Crippen molar-refractivity contribution in [3.05, 3.63) is 84.0 Å². The number of halogens is 1. The topological polar surface area (TPSA) is 176 Å². The van der Waals surface area contributed by atoms with Crippen LogP contribution in [0.25, 0.3) is 33.3 Å². The molecular weight excluding hydrogens is 870 g/mol. The van der Waals surface area contributed by atoms with Crippen molar-refractivity contribution in [2.75, 3.05) is 46.9 Å². The molecule has 0 aliphatic carbocycles. The molecule has 5 heterocycles. The number of pyridine rings is 1. The Labute approximate surface area is 398 Å². The number of fused-ring (bicyclic) bond motifs is 6. The molecule has 364 valence electrons. The molecule has 0 spiro atoms. The molecular formula is C52H66FN7O8. The second-order valence-corrected chi connectivity index (χ2v) is 20.1. The number of phenolic OH excluding ortho intramolecular Hbond substituents is 1. The lowest BCUT2D eigenvalue weighted by molar-refractivity contribution is -0.157. The summed E-state index contributed by atoms with van der Waals surface area (Å²) in [4.78, 5) is 76.8. The molecule has 3 N–H and O–H groups in total. The van der Waals surface area contributed by atoms with E-state index in [4.69, 9.17) is 9.47 Å². The van der Waals surface area contributed by atoms with Gasteiger partial charge in [-0.25, -0.2) is 9.82 Å². The molecule has 2 aromatic heterocycles. The highest BCUT2D eigenvalue weighted by molar-refractivity contribution is 5.96. The van der Waals surface area contributed by atoms with Crippen molar-refractivity contribution in [3.63, 3.8) is 0 Å². The summed E-state index contributed by atoms with van der Waals surface area (Å²) in [7, 11) is 3.16. The van der Waals surface area contributed by atoms with Gasteiger partial charge >= 0.3 is 5.97 Å². The van der Waals surface area contributed by atoms with Gasteiger partial charge in [-0.3, -0.25) is 34.0 Å². The average Bonchev–Trinajstić information content (AvgIpc) is 3.92. The van der Waals surface area contributed by atoms with Crippen LogP contribution in [0.2, 0.25) is 0 Å². The minimum Gasteiger partial charge on any atom is -0.508 e. The van der Waals surface area contributed by atoms with Gasteiger partial charge in [0.05, 0.1) is 42.1 Å². The Morgan fingerprint density at radius 2 is 1.85 bits per heavy atom. The van der Waals surface area contributed by atoms with Crippen molar-refractivity contribution in [2.45, 2.75) is 98.9 Å². The Morgan fingerprint density at radius 1 is 1.09 bits per heavy atom. The van der Waals surface area contributed by atoms with Crippen LogP contribution in [0, 0.1) is 28.5 Å². The van der Waals surface area contributed by atoms with Crippen molar-refractivity contribution in [1.82, 2.24) is 35.1 Å². The first-order valence-corrected chi connectivity index (χ1v) is 23.6. The van der Waals surface area contributed by atoms with Crippen molar-refractivity contribution in [3.8, 4) is 28.1 Å². The Bertz CT molecular complexity index is 2610. The lowest BCUT2D eigenvalue weighted by Crippen LogP contribution is -2.61. The number of hydrogen-bond acceptors (Lipinski definition) is 10. The zero-order valence-electron chi connectivity index (χ0n) is 40.6. The van der Waals surface area contributed by atoms with E-state index < -0.39 is 46.5 Å². The number of hydrogen-bond donors (Lipinski definition) is 3. The third-order valence-corrected chi connectivity index (χ3v) is 13.7. The second kappa shape index (κ2) is 20.2. The van der Waals surface area contributed by atoms with Crippen LogP contribution in [0.1, 0.15) is 77.6 Å². The Kier molecular flexibility index (Phi) is 14.8. The number of aryl methyl sites for hydroxylation is 1. The number of ether oxygens (including phenoxy) is 2. The predicted molar refractivity (Wildman–Crippen MR) is 256 cm³/mol. The molecule has 16 heteroatoms. The minimum absolute atomic E-state index is 0.0202. The number of benzene rings is 2. The van der Waals surface area contributed by atoms with Crippen LogP contribution in [0.5, 0.6) is 5.75 Å². The van der Waals surface area contributed by atoms with Gasteiger partial charge in [0.25, 0.3) is 0 Å². The monoisotopic (exact) mass is 935 g/mol. The zero-order valence-corrected chi connectivity index (χ0v) is 40.6. The number of carbonyl (C=O) groups is 5. The van der Waals surface area contributed by atoms with Gasteiger partial charge in [-0.2, -0.15) is 0 Å². The van der Waals surface area contributed by atoms with Crippen molar-refractivity contribution in [1.29, 1.82) is 0 Å². The van der Waals surface area contributed by atoms with E-state index in [0.717, 1.165) is 27.7 Å². The highest BCUT2D eigenvalue weighted by Crippen LogP contribution is 2.42. The lowest BCUT2D eigenvalue weighted by atomic mass is 9.81. The van der Waals surface area contributed by atoms with Gasteiger partial charge in [0.15, 0.2) is 0 Å². The molecule has 7 rings (SSSR count). The first kappa shape index (κ1) is 49.8. The third kappa shape index (κ3) is 10.3. The second-order valence-electron chi connectivity index (χ2n) is 20.1. The van der Waals surface area contributed by atoms with Crippen molar-refractivity contribution >= 4 is 40.5 Å². The summed E-state index contributed by atoms with van der Waals surface area (Å²) < 4.78 is 28.9. The number of likely N-dealkylation sites (N-methyl/N-ethyl adjacent to an activating group) is 1. The van der Waals surface area contributed by atoms with Crippen molar-refractivity contribution in [2.24, 2.45) is 22.7 Å². The maximum Gasteiger partial charge on any atom is 0.324 e. The molecule has 4 atom stereocenters. The highest BCUT2D eigenvalue weighted by Gasteiger charge is 2.43. The standard InChI is InChI=1S/C52H66FN7O8/c1-10-44(62)58-18-16-34(27-58)48(64)57(8)45(31(3)4)47(63)55-29-52(7)24-32-19-35(21-37(61)20-32)33-14-15-43-38(22-33)40(46(59(43)11-2)39-23-36(53)26-54-42(39)28-67-9)25-51(5,6)30-68-49(65)41-13-12-17-60(56-41)50(52)66/h10,14-15,19-23,26,31,34,41,45,56,61H,1,11-13,16-18,24-25,27-30H2,2-9H3,(H,55,63)/t34-,41-,45-,52?/m0/s1. The summed E-state index contributed by atoms with van der Waals surface area (Å²) >= 11 is 0. The summed E-state index contributed by atoms with van der Waals surface area (Å²) in [5, 5.41) is 16.7. The number of nitrogens with one attached hydrogen (secondary N) is 2. The molecule has 6 bridgehead atoms. The first-order chi connectivity index (χ1) is 32.3. The Hall–Kier alpha value is -6.13. The number of cyclic esters (lactones) is 1. The van der Waals surface area contributed by atoms with Crippen LogP contribution >= 0.6 is 0 Å². The number of methoxy groups -OCH3 is 1. The minimum atomic E-state index is -1.34. The maximum absolute atomic E-state index is 15.2. The van der Waals surface area contributed by atoms with E-state index in [0.29, 0.717) is 67.7 Å². The SMILES string of the molecule is C=CC(=O)N1CC[C@H](C(=O)N(C)[C@H](C(=O)NCC2(C)Cc3cc(O)cc(c3)-c3ccc4c(c3)c(c(-c3cc(F)cnc3COC)n4CC)CC(C)(C)COC(=O)[C@@H]3CCCN(N3)C2=O)C(C)C)C1. The first-order valence-electron chi connectivity index (χ1n) is 23.6.